The van der Waals surface area contributed by atoms with Crippen LogP contribution in [0.1, 0.15) is 46.9 Å². The minimum atomic E-state index is -0.286. The first kappa shape index (κ1) is 15.9. The van der Waals surface area contributed by atoms with Crippen LogP contribution in [-0.4, -0.2) is 40.9 Å². The van der Waals surface area contributed by atoms with Crippen LogP contribution in [-0.2, 0) is 0 Å². The molecule has 2 aliphatic rings. The Labute approximate surface area is 146 Å². The monoisotopic (exact) mass is 338 g/mol. The molecule has 0 aromatic heterocycles. The van der Waals surface area contributed by atoms with Gasteiger partial charge in [0.2, 0.25) is 0 Å². The minimum absolute atomic E-state index is 0.280. The molecule has 2 aromatic carbocycles. The molecule has 25 heavy (non-hydrogen) atoms. The Morgan fingerprint density at radius 1 is 0.880 bits per heavy atom. The zero-order chi connectivity index (χ0) is 17.7. The zero-order valence-electron chi connectivity index (χ0n) is 14.3. The summed E-state index contributed by atoms with van der Waals surface area (Å²) in [5.74, 6) is -0.560. The maximum absolute atomic E-state index is 13.1. The first-order valence-electron chi connectivity index (χ1n) is 8.72. The van der Waals surface area contributed by atoms with Crippen molar-refractivity contribution in [2.75, 3.05) is 24.6 Å². The molecular formula is C19H22N4O2. The van der Waals surface area contributed by atoms with Gasteiger partial charge in [0, 0.05) is 29.9 Å². The van der Waals surface area contributed by atoms with Gasteiger partial charge in [0.05, 0.1) is 17.3 Å². The van der Waals surface area contributed by atoms with Crippen LogP contribution >= 0.6 is 0 Å². The summed E-state index contributed by atoms with van der Waals surface area (Å²) in [6.45, 7) is 3.71. The summed E-state index contributed by atoms with van der Waals surface area (Å²) >= 11 is 0. The molecule has 1 fully saturated rings. The number of imide groups is 1. The third-order valence-corrected chi connectivity index (χ3v) is 5.28. The Morgan fingerprint density at radius 3 is 1.92 bits per heavy atom. The number of amides is 2. The molecule has 0 radical (unpaired) electrons. The van der Waals surface area contributed by atoms with Crippen LogP contribution in [0.4, 0.5) is 11.4 Å². The third-order valence-electron chi connectivity index (χ3n) is 5.28. The highest BCUT2D eigenvalue weighted by molar-refractivity contribution is 6.26. The van der Waals surface area contributed by atoms with Crippen molar-refractivity contribution in [2.45, 2.75) is 32.4 Å². The number of nitrogens with zero attached hydrogens (tertiary/aromatic N) is 2. The van der Waals surface area contributed by atoms with Crippen LogP contribution in [0.3, 0.4) is 0 Å². The fourth-order valence-electron chi connectivity index (χ4n) is 4.05. The lowest BCUT2D eigenvalue weighted by Crippen LogP contribution is -2.54. The normalized spacial score (nSPS) is 19.5. The van der Waals surface area contributed by atoms with E-state index in [1.165, 1.54) is 11.3 Å². The van der Waals surface area contributed by atoms with E-state index < -0.39 is 0 Å². The quantitative estimate of drug-likeness (QED) is 0.648. The van der Waals surface area contributed by atoms with E-state index in [4.69, 9.17) is 11.5 Å². The van der Waals surface area contributed by atoms with Gasteiger partial charge in [0.25, 0.3) is 11.8 Å². The molecular weight excluding hydrogens is 316 g/mol. The number of anilines is 2. The number of hydrogen-bond donors (Lipinski definition) is 2. The number of carbonyl (C=O) groups is 2. The van der Waals surface area contributed by atoms with Crippen molar-refractivity contribution in [2.24, 2.45) is 0 Å². The standard InChI is InChI=1S/C19H22N4O2/c1-11(22-5-3-2-4-6-22)23-18(24)15-9-13(20)7-12-8-14(21)10-16(17(12)15)19(23)25/h7-11H,2-6,20-21H2,1H3. The molecule has 130 valence electrons. The number of nitrogens with two attached hydrogens (primary N) is 2. The Balaban J connectivity index is 1.85. The fourth-order valence-corrected chi connectivity index (χ4v) is 4.05. The van der Waals surface area contributed by atoms with E-state index in [1.807, 2.05) is 6.92 Å². The second kappa shape index (κ2) is 5.74. The molecule has 0 bridgehead atoms. The van der Waals surface area contributed by atoms with E-state index in [0.29, 0.717) is 27.9 Å². The number of likely N-dealkylation sites (tertiary alicyclic amines) is 1. The SMILES string of the molecule is CC(N1CCCCC1)N1C(=O)c2cc(N)cc3cc(N)cc(c23)C1=O. The molecule has 1 atom stereocenters. The van der Waals surface area contributed by atoms with E-state index in [0.717, 1.165) is 31.3 Å². The zero-order valence-corrected chi connectivity index (χ0v) is 14.3. The highest BCUT2D eigenvalue weighted by atomic mass is 16.2. The molecule has 6 heteroatoms. The van der Waals surface area contributed by atoms with Crippen LogP contribution in [0, 0.1) is 0 Å². The molecule has 2 aromatic rings. The number of nitrogen functional groups attached to an aromatic ring is 2. The van der Waals surface area contributed by atoms with Gasteiger partial charge in [-0.1, -0.05) is 6.42 Å². The van der Waals surface area contributed by atoms with Gasteiger partial charge in [-0.25, -0.2) is 0 Å². The van der Waals surface area contributed by atoms with Crippen molar-refractivity contribution in [1.29, 1.82) is 0 Å². The minimum Gasteiger partial charge on any atom is -0.399 e. The molecule has 2 heterocycles. The largest absolute Gasteiger partial charge is 0.399 e. The van der Waals surface area contributed by atoms with Crippen molar-refractivity contribution in [1.82, 2.24) is 9.80 Å². The smallest absolute Gasteiger partial charge is 0.262 e. The van der Waals surface area contributed by atoms with Crippen molar-refractivity contribution < 1.29 is 9.59 Å². The van der Waals surface area contributed by atoms with E-state index in [9.17, 15) is 9.59 Å². The molecule has 1 unspecified atom stereocenters. The van der Waals surface area contributed by atoms with Gasteiger partial charge in [-0.3, -0.25) is 19.4 Å². The van der Waals surface area contributed by atoms with Crippen LogP contribution in [0.2, 0.25) is 0 Å². The predicted octanol–water partition coefficient (Wildman–Crippen LogP) is 2.43. The maximum Gasteiger partial charge on any atom is 0.262 e. The Kier molecular flexibility index (Phi) is 3.65. The van der Waals surface area contributed by atoms with Gasteiger partial charge >= 0.3 is 0 Å². The highest BCUT2D eigenvalue weighted by Gasteiger charge is 2.38. The average Bonchev–Trinajstić information content (AvgIpc) is 2.59. The molecule has 0 saturated carbocycles. The average molecular weight is 338 g/mol. The van der Waals surface area contributed by atoms with Crippen LogP contribution in [0.15, 0.2) is 24.3 Å². The molecule has 1 saturated heterocycles. The second-order valence-corrected chi connectivity index (χ2v) is 6.94. The lowest BCUT2D eigenvalue weighted by atomic mass is 9.92. The summed E-state index contributed by atoms with van der Waals surface area (Å²) in [6.07, 6.45) is 3.09. The number of carbonyl (C=O) groups excluding carboxylic acids is 2. The van der Waals surface area contributed by atoms with E-state index in [1.54, 1.807) is 24.3 Å². The Bertz CT molecular complexity index is 830. The Morgan fingerprint density at radius 2 is 1.40 bits per heavy atom. The van der Waals surface area contributed by atoms with Crippen molar-refractivity contribution in [3.63, 3.8) is 0 Å². The van der Waals surface area contributed by atoms with Crippen molar-refractivity contribution in [3.8, 4) is 0 Å². The lowest BCUT2D eigenvalue weighted by molar-refractivity contribution is 0.0263. The third kappa shape index (κ3) is 2.44. The summed E-state index contributed by atoms with van der Waals surface area (Å²) in [5, 5.41) is 1.39. The first-order valence-corrected chi connectivity index (χ1v) is 8.72. The van der Waals surface area contributed by atoms with Crippen LogP contribution in [0.25, 0.3) is 10.8 Å². The molecule has 0 aliphatic carbocycles. The van der Waals surface area contributed by atoms with E-state index >= 15 is 0 Å². The van der Waals surface area contributed by atoms with Gasteiger partial charge in [-0.2, -0.15) is 0 Å². The predicted molar refractivity (Wildman–Crippen MR) is 98.2 cm³/mol. The maximum atomic E-state index is 13.1. The molecule has 0 spiro atoms. The number of hydrogen-bond acceptors (Lipinski definition) is 5. The molecule has 2 amide bonds. The highest BCUT2D eigenvalue weighted by Crippen LogP contribution is 2.35. The number of piperidine rings is 1. The van der Waals surface area contributed by atoms with Crippen LogP contribution in [0.5, 0.6) is 0 Å². The van der Waals surface area contributed by atoms with E-state index in [-0.39, 0.29) is 18.0 Å². The summed E-state index contributed by atoms with van der Waals surface area (Å²) < 4.78 is 0. The summed E-state index contributed by atoms with van der Waals surface area (Å²) in [6, 6.07) is 6.82. The van der Waals surface area contributed by atoms with Gasteiger partial charge in [0.1, 0.15) is 0 Å². The lowest BCUT2D eigenvalue weighted by Gasteiger charge is -2.40. The van der Waals surface area contributed by atoms with E-state index in [2.05, 4.69) is 4.90 Å². The summed E-state index contributed by atoms with van der Waals surface area (Å²) in [4.78, 5) is 29.8. The number of benzene rings is 2. The van der Waals surface area contributed by atoms with Gasteiger partial charge < -0.3 is 11.5 Å². The molecule has 6 nitrogen and oxygen atoms in total. The second-order valence-electron chi connectivity index (χ2n) is 6.94. The van der Waals surface area contributed by atoms with Gasteiger partial charge in [-0.15, -0.1) is 0 Å². The molecule has 4 rings (SSSR count). The van der Waals surface area contributed by atoms with Gasteiger partial charge in [-0.05, 0) is 49.4 Å². The molecule has 4 N–H and O–H groups in total. The first-order chi connectivity index (χ1) is 12.0. The van der Waals surface area contributed by atoms with Gasteiger partial charge in [0.15, 0.2) is 0 Å². The fraction of sp³-hybridized carbons (Fsp3) is 0.368. The van der Waals surface area contributed by atoms with Crippen LogP contribution < -0.4 is 11.5 Å². The molecule has 2 aliphatic heterocycles. The van der Waals surface area contributed by atoms with Crippen molar-refractivity contribution >= 4 is 34.0 Å². The topological polar surface area (TPSA) is 92.7 Å². The summed E-state index contributed by atoms with van der Waals surface area (Å²) in [7, 11) is 0. The number of rotatable bonds is 2. The van der Waals surface area contributed by atoms with Crippen molar-refractivity contribution in [3.05, 3.63) is 35.4 Å². The summed E-state index contributed by atoms with van der Waals surface area (Å²) in [5.41, 5.74) is 13.9. The Hall–Kier alpha value is -2.60.